The van der Waals surface area contributed by atoms with Crippen LogP contribution in [0.1, 0.15) is 19.3 Å². The fourth-order valence-corrected chi connectivity index (χ4v) is 4.22. The molecule has 2 rings (SSSR count). The van der Waals surface area contributed by atoms with Gasteiger partial charge in [0.25, 0.3) is 0 Å². The third-order valence-corrected chi connectivity index (χ3v) is 6.45. The largest absolute Gasteiger partial charge is 0.266 e. The summed E-state index contributed by atoms with van der Waals surface area (Å²) in [6.45, 7) is 4.88. The van der Waals surface area contributed by atoms with E-state index in [1.54, 1.807) is 0 Å². The lowest BCUT2D eigenvalue weighted by atomic mass is 10.3. The van der Waals surface area contributed by atoms with Crippen molar-refractivity contribution >= 4 is 13.4 Å². The molecule has 1 aliphatic carbocycles. The summed E-state index contributed by atoms with van der Waals surface area (Å²) in [5.74, 6) is 1.06. The highest BCUT2D eigenvalue weighted by Gasteiger charge is 2.29. The molecule has 2 heteroatoms. The van der Waals surface area contributed by atoms with Crippen molar-refractivity contribution in [2.24, 2.45) is 5.92 Å². The number of aromatic nitrogens is 1. The van der Waals surface area contributed by atoms with Gasteiger partial charge in [0, 0.05) is 11.5 Å². The Bertz CT molecular complexity index is 290. The maximum atomic E-state index is 4.51. The van der Waals surface area contributed by atoms with Crippen molar-refractivity contribution in [3.05, 3.63) is 24.4 Å². The lowest BCUT2D eigenvalue weighted by Crippen LogP contribution is -2.43. The van der Waals surface area contributed by atoms with Crippen molar-refractivity contribution in [2.75, 3.05) is 0 Å². The predicted molar refractivity (Wildman–Crippen MR) is 63.5 cm³/mol. The second-order valence-electron chi connectivity index (χ2n) is 5.08. The number of rotatable bonds is 4. The van der Waals surface area contributed by atoms with Gasteiger partial charge in [-0.05, 0) is 18.1 Å². The van der Waals surface area contributed by atoms with Crippen LogP contribution in [0.4, 0.5) is 0 Å². The summed E-state index contributed by atoms with van der Waals surface area (Å²) < 4.78 is 0. The highest BCUT2D eigenvalue weighted by atomic mass is 28.3. The summed E-state index contributed by atoms with van der Waals surface area (Å²) in [5.41, 5.74) is 0. The van der Waals surface area contributed by atoms with Gasteiger partial charge in [-0.25, -0.2) is 0 Å². The molecule has 14 heavy (non-hydrogen) atoms. The Labute approximate surface area is 87.6 Å². The van der Waals surface area contributed by atoms with Gasteiger partial charge in [0.15, 0.2) is 0 Å². The first-order valence-corrected chi connectivity index (χ1v) is 8.81. The van der Waals surface area contributed by atoms with Crippen molar-refractivity contribution in [3.8, 4) is 0 Å². The minimum atomic E-state index is -1.21. The Morgan fingerprint density at radius 2 is 2.14 bits per heavy atom. The highest BCUT2D eigenvalue weighted by molar-refractivity contribution is 6.89. The summed E-state index contributed by atoms with van der Waals surface area (Å²) in [5, 5.41) is 1.38. The topological polar surface area (TPSA) is 12.9 Å². The maximum absolute atomic E-state index is 4.51. The molecule has 1 heterocycles. The van der Waals surface area contributed by atoms with Crippen molar-refractivity contribution in [1.82, 2.24) is 4.98 Å². The Morgan fingerprint density at radius 1 is 1.36 bits per heavy atom. The molecule has 0 atom stereocenters. The first-order chi connectivity index (χ1) is 6.68. The Hall–Kier alpha value is -0.633. The van der Waals surface area contributed by atoms with Gasteiger partial charge < -0.3 is 0 Å². The Balaban J connectivity index is 1.99. The molecule has 0 spiro atoms. The third-order valence-electron chi connectivity index (χ3n) is 3.23. The predicted octanol–water partition coefficient (Wildman–Crippen LogP) is 2.80. The molecule has 0 N–H and O–H groups in total. The molecule has 0 radical (unpaired) electrons. The van der Waals surface area contributed by atoms with E-state index in [2.05, 4.69) is 30.2 Å². The van der Waals surface area contributed by atoms with Crippen LogP contribution < -0.4 is 5.32 Å². The van der Waals surface area contributed by atoms with Crippen molar-refractivity contribution in [1.29, 1.82) is 0 Å². The second kappa shape index (κ2) is 3.85. The summed E-state index contributed by atoms with van der Waals surface area (Å²) in [7, 11) is -1.21. The average Bonchev–Trinajstić information content (AvgIpc) is 3.00. The molecule has 1 nitrogen and oxygen atoms in total. The molecular formula is C12H19NSi. The normalized spacial score (nSPS) is 17.0. The first-order valence-electron chi connectivity index (χ1n) is 5.60. The lowest BCUT2D eigenvalue weighted by molar-refractivity contribution is 0.787. The van der Waals surface area contributed by atoms with E-state index in [0.717, 1.165) is 5.92 Å². The summed E-state index contributed by atoms with van der Waals surface area (Å²) >= 11 is 0. The SMILES string of the molecule is C[Si](C)(CCC1CC1)c1ccccn1. The molecule has 1 aliphatic rings. The van der Waals surface area contributed by atoms with Crippen LogP contribution in [0.15, 0.2) is 24.4 Å². The summed E-state index contributed by atoms with van der Waals surface area (Å²) in [6.07, 6.45) is 6.33. The zero-order chi connectivity index (χ0) is 10.0. The molecule has 1 aromatic heterocycles. The van der Waals surface area contributed by atoms with E-state index in [1.807, 2.05) is 12.3 Å². The molecule has 0 bridgehead atoms. The Morgan fingerprint density at radius 3 is 2.71 bits per heavy atom. The smallest absolute Gasteiger partial charge is 0.104 e. The fourth-order valence-electron chi connectivity index (χ4n) is 1.86. The van der Waals surface area contributed by atoms with Gasteiger partial charge in [0.05, 0.1) is 0 Å². The molecule has 0 saturated heterocycles. The van der Waals surface area contributed by atoms with Gasteiger partial charge in [-0.15, -0.1) is 0 Å². The molecule has 0 unspecified atom stereocenters. The Kier molecular flexibility index (Phi) is 2.73. The van der Waals surface area contributed by atoms with E-state index in [1.165, 1.54) is 30.6 Å². The van der Waals surface area contributed by atoms with Crippen molar-refractivity contribution in [2.45, 2.75) is 38.4 Å². The van der Waals surface area contributed by atoms with E-state index in [0.29, 0.717) is 0 Å². The molecule has 0 aliphatic heterocycles. The van der Waals surface area contributed by atoms with Crippen LogP contribution in [-0.2, 0) is 0 Å². The summed E-state index contributed by atoms with van der Waals surface area (Å²) in [6, 6.07) is 7.75. The van der Waals surface area contributed by atoms with Crippen LogP contribution in [0.3, 0.4) is 0 Å². The van der Waals surface area contributed by atoms with E-state index >= 15 is 0 Å². The first kappa shape index (κ1) is 9.90. The van der Waals surface area contributed by atoms with Gasteiger partial charge in [0.2, 0.25) is 0 Å². The highest BCUT2D eigenvalue weighted by Crippen LogP contribution is 2.35. The third kappa shape index (κ3) is 2.44. The second-order valence-corrected chi connectivity index (χ2v) is 9.86. The minimum absolute atomic E-state index is 1.06. The van der Waals surface area contributed by atoms with Crippen LogP contribution in [0.2, 0.25) is 19.1 Å². The maximum Gasteiger partial charge on any atom is 0.104 e. The number of pyridine rings is 1. The van der Waals surface area contributed by atoms with Crippen LogP contribution in [0.5, 0.6) is 0 Å². The van der Waals surface area contributed by atoms with Gasteiger partial charge in [-0.1, -0.05) is 44.5 Å². The van der Waals surface area contributed by atoms with Crippen LogP contribution in [-0.4, -0.2) is 13.1 Å². The van der Waals surface area contributed by atoms with E-state index in [-0.39, 0.29) is 0 Å². The molecule has 1 fully saturated rings. The van der Waals surface area contributed by atoms with E-state index < -0.39 is 8.07 Å². The molecule has 1 saturated carbocycles. The molecule has 0 amide bonds. The van der Waals surface area contributed by atoms with E-state index in [4.69, 9.17) is 0 Å². The van der Waals surface area contributed by atoms with Crippen molar-refractivity contribution < 1.29 is 0 Å². The van der Waals surface area contributed by atoms with Crippen molar-refractivity contribution in [3.63, 3.8) is 0 Å². The number of hydrogen-bond acceptors (Lipinski definition) is 1. The van der Waals surface area contributed by atoms with E-state index in [9.17, 15) is 0 Å². The molecular weight excluding hydrogens is 186 g/mol. The zero-order valence-electron chi connectivity index (χ0n) is 9.16. The van der Waals surface area contributed by atoms with Crippen LogP contribution >= 0.6 is 0 Å². The monoisotopic (exact) mass is 205 g/mol. The zero-order valence-corrected chi connectivity index (χ0v) is 10.2. The van der Waals surface area contributed by atoms with Gasteiger partial charge in [0.1, 0.15) is 8.07 Å². The molecule has 76 valence electrons. The van der Waals surface area contributed by atoms with Crippen LogP contribution in [0.25, 0.3) is 0 Å². The minimum Gasteiger partial charge on any atom is -0.266 e. The molecule has 1 aromatic rings. The number of hydrogen-bond donors (Lipinski definition) is 0. The van der Waals surface area contributed by atoms with Crippen LogP contribution in [0, 0.1) is 5.92 Å². The summed E-state index contributed by atoms with van der Waals surface area (Å²) in [4.78, 5) is 4.51. The average molecular weight is 205 g/mol. The van der Waals surface area contributed by atoms with Gasteiger partial charge in [-0.2, -0.15) is 0 Å². The standard InChI is InChI=1S/C12H19NSi/c1-14(2,10-8-11-6-7-11)12-5-3-4-9-13-12/h3-5,9,11H,6-8,10H2,1-2H3. The van der Waals surface area contributed by atoms with Gasteiger partial charge in [-0.3, -0.25) is 4.98 Å². The number of nitrogens with zero attached hydrogens (tertiary/aromatic N) is 1. The lowest BCUT2D eigenvalue weighted by Gasteiger charge is -2.21. The fraction of sp³-hybridized carbons (Fsp3) is 0.583. The molecule has 0 aromatic carbocycles. The van der Waals surface area contributed by atoms with Gasteiger partial charge >= 0.3 is 0 Å². The quantitative estimate of drug-likeness (QED) is 0.689.